The SMILES string of the molecule is CCCCNN(CCCC)c1nc(N(CCCC)NCCCC)nc(N(C2CC(C)(C)NC(C)(C)C2)N(C2CC(C)(C)NC(C)(C)C2)C(C)(C)c2nc(N(C(N)CCC)C3CC(C)(C)NC(C)(C)C3)nc(N(C3CC(C)(C)NC(C)(C)C3)N(C3CC(C)(C)NC(C)(C)C3)C(C)(CC)c3nc(N(CCCC)CCCC)nc(N(NCCCC)C(N)CCC)n3)n2)n1. The number of rotatable bonds is 49. The van der Waals surface area contributed by atoms with Crippen LogP contribution in [-0.4, -0.2) is 199 Å². The number of nitrogens with zero attached hydrogens (tertiary/aromatic N) is 18. The molecule has 5 aliphatic heterocycles. The largest absolute Gasteiger partial charge is 0.341 e. The molecule has 0 saturated carbocycles. The van der Waals surface area contributed by atoms with E-state index in [1.165, 1.54) is 0 Å². The standard InChI is InChI=1S/C97H190N28/c1-34-44-53-100-118(58-49-39-6)80-108-81(119(59-50-40-7)101-54-45-35-2)110-85(109-80)122(71-62-88(15,16)113-89(17,18)63-71)124(73-66-92(23,24)115-93(25,26)67-73)96(31,32)77-103-82(120(75(98)51-41-8)70-60-86(11,12)112-87(13,14)61-70)111-84(104-77)123(72-64-90(19,20)114-91(21,22)65-72)125(74-68-94(27,28)116-95(29,30)69-74)97(33,43-10)78-105-79(117(56-47-37-4)57-48-38-5)107-83(106-78)121(76(99)52-42-9)102-55-46-36-3/h70-76,100-102,112-116H,34-69,98-99H2,1-33H3. The van der Waals surface area contributed by atoms with Gasteiger partial charge in [0.1, 0.15) is 0 Å². The Kier molecular flexibility index (Phi) is 36.9. The molecule has 8 rings (SSSR count). The Morgan fingerprint density at radius 2 is 0.616 bits per heavy atom. The van der Waals surface area contributed by atoms with E-state index in [4.69, 9.17) is 56.3 Å². The quantitative estimate of drug-likeness (QED) is 0.0143. The van der Waals surface area contributed by atoms with Crippen LogP contribution in [0.25, 0.3) is 0 Å². The zero-order valence-electron chi connectivity index (χ0n) is 86.2. The molecule has 5 aliphatic rings. The van der Waals surface area contributed by atoms with Crippen LogP contribution in [0.4, 0.5) is 41.6 Å². The van der Waals surface area contributed by atoms with Gasteiger partial charge in [0.05, 0.1) is 35.5 Å². The first-order valence-corrected chi connectivity index (χ1v) is 50.3. The predicted molar refractivity (Wildman–Crippen MR) is 526 cm³/mol. The fraction of sp³-hybridized carbons (Fsp3) is 0.907. The maximum absolute atomic E-state index is 8.16. The Morgan fingerprint density at radius 1 is 0.320 bits per heavy atom. The molecule has 0 amide bonds. The van der Waals surface area contributed by atoms with Gasteiger partial charge < -0.3 is 47.9 Å². The molecule has 0 spiro atoms. The average molecular weight is 1750 g/mol. The lowest BCUT2D eigenvalue weighted by atomic mass is 9.77. The maximum Gasteiger partial charge on any atom is 0.247 e. The van der Waals surface area contributed by atoms with Gasteiger partial charge in [-0.2, -0.15) is 44.9 Å². The summed E-state index contributed by atoms with van der Waals surface area (Å²) < 4.78 is 0. The lowest BCUT2D eigenvalue weighted by Gasteiger charge is -2.60. The third-order valence-electron chi connectivity index (χ3n) is 26.7. The van der Waals surface area contributed by atoms with Crippen LogP contribution in [0, 0.1) is 0 Å². The van der Waals surface area contributed by atoms with Gasteiger partial charge in [-0.1, -0.05) is 127 Å². The minimum absolute atomic E-state index is 0.0938. The van der Waals surface area contributed by atoms with Crippen LogP contribution in [0.5, 0.6) is 0 Å². The highest BCUT2D eigenvalue weighted by molar-refractivity contribution is 5.50. The highest BCUT2D eigenvalue weighted by atomic mass is 15.7. The number of anilines is 7. The fourth-order valence-electron chi connectivity index (χ4n) is 22.8. The summed E-state index contributed by atoms with van der Waals surface area (Å²) in [5, 5.41) is 38.3. The second kappa shape index (κ2) is 43.7. The Hall–Kier alpha value is -4.85. The molecule has 0 bridgehead atoms. The smallest absolute Gasteiger partial charge is 0.247 e. The van der Waals surface area contributed by atoms with Crippen molar-refractivity contribution in [1.29, 1.82) is 0 Å². The molecule has 28 nitrogen and oxygen atoms in total. The first-order valence-electron chi connectivity index (χ1n) is 50.3. The summed E-state index contributed by atoms with van der Waals surface area (Å²) in [5.41, 5.74) is 21.8. The molecule has 718 valence electrons. The van der Waals surface area contributed by atoms with E-state index in [9.17, 15) is 0 Å². The Balaban J connectivity index is 1.67. The van der Waals surface area contributed by atoms with Crippen molar-refractivity contribution < 1.29 is 0 Å². The molecule has 0 aromatic carbocycles. The summed E-state index contributed by atoms with van der Waals surface area (Å²) in [7, 11) is 0. The number of nitrogens with two attached hydrogens (primary N) is 2. The first-order chi connectivity index (χ1) is 58.2. The number of nitrogens with one attached hydrogen (secondary N) is 8. The number of aromatic nitrogens is 9. The van der Waals surface area contributed by atoms with E-state index in [-0.39, 0.29) is 85.6 Å². The van der Waals surface area contributed by atoms with Crippen LogP contribution in [0.3, 0.4) is 0 Å². The fourth-order valence-corrected chi connectivity index (χ4v) is 22.8. The zero-order valence-corrected chi connectivity index (χ0v) is 86.2. The van der Waals surface area contributed by atoms with Gasteiger partial charge in [0.25, 0.3) is 0 Å². The Morgan fingerprint density at radius 3 is 1.00 bits per heavy atom. The molecule has 3 aromatic heterocycles. The monoisotopic (exact) mass is 1750 g/mol. The molecule has 0 aliphatic carbocycles. The van der Waals surface area contributed by atoms with Crippen molar-refractivity contribution in [2.45, 2.75) is 524 Å². The summed E-state index contributed by atoms with van der Waals surface area (Å²) in [6, 6.07) is -0.838. The van der Waals surface area contributed by atoms with Crippen molar-refractivity contribution in [2.75, 3.05) is 80.7 Å². The summed E-state index contributed by atoms with van der Waals surface area (Å²) in [4.78, 5) is 59.9. The number of hydrogen-bond donors (Lipinski definition) is 10. The van der Waals surface area contributed by atoms with Crippen molar-refractivity contribution in [3.8, 4) is 0 Å². The van der Waals surface area contributed by atoms with Crippen molar-refractivity contribution in [3.05, 3.63) is 11.6 Å². The van der Waals surface area contributed by atoms with Crippen molar-refractivity contribution in [2.24, 2.45) is 11.5 Å². The molecular formula is C97H190N28. The molecule has 3 atom stereocenters. The van der Waals surface area contributed by atoms with E-state index < -0.39 is 23.4 Å². The van der Waals surface area contributed by atoms with Gasteiger partial charge in [0, 0.05) is 119 Å². The van der Waals surface area contributed by atoms with Gasteiger partial charge in [-0.15, -0.1) is 0 Å². The molecule has 8 heterocycles. The number of piperidine rings is 5. The molecule has 12 N–H and O–H groups in total. The van der Waals surface area contributed by atoms with E-state index in [2.05, 4.69) is 316 Å². The van der Waals surface area contributed by atoms with Crippen molar-refractivity contribution in [1.82, 2.24) is 97.7 Å². The van der Waals surface area contributed by atoms with Crippen LogP contribution in [-0.2, 0) is 11.1 Å². The van der Waals surface area contributed by atoms with Gasteiger partial charge in [-0.25, -0.2) is 26.3 Å². The summed E-state index contributed by atoms with van der Waals surface area (Å²) >= 11 is 0. The van der Waals surface area contributed by atoms with E-state index in [0.717, 1.165) is 213 Å². The topological polar surface area (TPSA) is 293 Å². The van der Waals surface area contributed by atoms with Crippen LogP contribution >= 0.6 is 0 Å². The molecule has 3 aromatic rings. The van der Waals surface area contributed by atoms with Gasteiger partial charge >= 0.3 is 0 Å². The number of unbranched alkanes of at least 4 members (excludes halogenated alkanes) is 7. The molecular weight excluding hydrogens is 1560 g/mol. The van der Waals surface area contributed by atoms with Crippen molar-refractivity contribution >= 4 is 41.6 Å². The highest BCUT2D eigenvalue weighted by Gasteiger charge is 2.57. The second-order valence-corrected chi connectivity index (χ2v) is 46.1. The minimum atomic E-state index is -1.14. The summed E-state index contributed by atoms with van der Waals surface area (Å²) in [6.07, 6.45) is 24.6. The first kappa shape index (κ1) is 106. The van der Waals surface area contributed by atoms with Crippen molar-refractivity contribution in [3.63, 3.8) is 0 Å². The maximum atomic E-state index is 8.16. The molecule has 125 heavy (non-hydrogen) atoms. The van der Waals surface area contributed by atoms with E-state index >= 15 is 0 Å². The van der Waals surface area contributed by atoms with E-state index in [1.807, 2.05) is 0 Å². The lowest BCUT2D eigenvalue weighted by Crippen LogP contribution is -2.72. The van der Waals surface area contributed by atoms with Gasteiger partial charge in [0.15, 0.2) is 11.6 Å². The van der Waals surface area contributed by atoms with E-state index in [0.29, 0.717) is 72.7 Å². The zero-order chi connectivity index (χ0) is 92.9. The van der Waals surface area contributed by atoms with Gasteiger partial charge in [-0.3, -0.25) is 25.0 Å². The third kappa shape index (κ3) is 28.6. The van der Waals surface area contributed by atoms with Gasteiger partial charge in [-0.05, 0) is 288 Å². The molecule has 3 unspecified atom stereocenters. The molecule has 28 heteroatoms. The van der Waals surface area contributed by atoms with Crippen LogP contribution < -0.4 is 89.2 Å². The highest BCUT2D eigenvalue weighted by Crippen LogP contribution is 2.50. The van der Waals surface area contributed by atoms with E-state index in [1.54, 1.807) is 0 Å². The Bertz CT molecular complexity index is 3630. The molecule has 5 saturated heterocycles. The normalized spacial score (nSPS) is 21.7. The third-order valence-corrected chi connectivity index (χ3v) is 26.7. The van der Waals surface area contributed by atoms with Crippen LogP contribution in [0.1, 0.15) is 426 Å². The molecule has 5 fully saturated rings. The molecule has 0 radical (unpaired) electrons. The van der Waals surface area contributed by atoms with Gasteiger partial charge in [0.2, 0.25) is 41.6 Å². The van der Waals surface area contributed by atoms with Crippen LogP contribution in [0.15, 0.2) is 0 Å². The van der Waals surface area contributed by atoms with Crippen LogP contribution in [0.2, 0.25) is 0 Å². The minimum Gasteiger partial charge on any atom is -0.341 e. The number of hydrazine groups is 5. The number of hydrogen-bond acceptors (Lipinski definition) is 28. The lowest BCUT2D eigenvalue weighted by molar-refractivity contribution is -0.0402. The second-order valence-electron chi connectivity index (χ2n) is 46.1. The average Bonchev–Trinajstić information content (AvgIpc) is 0.720. The summed E-state index contributed by atoms with van der Waals surface area (Å²) in [5.74, 6) is 5.48. The predicted octanol–water partition coefficient (Wildman–Crippen LogP) is 17.4. The Labute approximate surface area is 762 Å². The summed E-state index contributed by atoms with van der Waals surface area (Å²) in [6.45, 7) is 83.1.